The Hall–Kier alpha value is -1.67. The lowest BCUT2D eigenvalue weighted by atomic mass is 10.5. The lowest BCUT2D eigenvalue weighted by Crippen LogP contribution is -2.10. The Kier molecular flexibility index (Phi) is 4.38. The van der Waals surface area contributed by atoms with Crippen molar-refractivity contribution in [3.63, 3.8) is 0 Å². The van der Waals surface area contributed by atoms with Crippen LogP contribution in [0.15, 0.2) is 12.4 Å². The van der Waals surface area contributed by atoms with Gasteiger partial charge in [0.25, 0.3) is 0 Å². The number of hydrogen-bond acceptors (Lipinski definition) is 5. The number of rotatable bonds is 5. The molecule has 0 atom stereocenters. The predicted molar refractivity (Wildman–Crippen MR) is 51.7 cm³/mol. The summed E-state index contributed by atoms with van der Waals surface area (Å²) in [6.45, 7) is 3.98. The number of hydrogen-bond donors (Lipinski definition) is 1. The van der Waals surface area contributed by atoms with Gasteiger partial charge < -0.3 is 10.1 Å². The van der Waals surface area contributed by atoms with E-state index in [0.717, 1.165) is 0 Å². The van der Waals surface area contributed by atoms with Gasteiger partial charge in [-0.2, -0.15) is 5.26 Å². The number of nitrogens with one attached hydrogen (secondary N) is 1. The Labute approximate surface area is 82.8 Å². The summed E-state index contributed by atoms with van der Waals surface area (Å²) in [6.07, 6.45) is 2.97. The van der Waals surface area contributed by atoms with Crippen molar-refractivity contribution in [3.05, 3.63) is 18.1 Å². The molecule has 0 aliphatic rings. The maximum absolute atomic E-state index is 8.48. The third kappa shape index (κ3) is 3.37. The Morgan fingerprint density at radius 3 is 2.93 bits per heavy atom. The zero-order valence-electron chi connectivity index (χ0n) is 8.03. The van der Waals surface area contributed by atoms with Crippen LogP contribution in [0, 0.1) is 11.3 Å². The molecule has 1 aromatic heterocycles. The lowest BCUT2D eigenvalue weighted by molar-refractivity contribution is 0.158. The molecule has 0 saturated carbocycles. The summed E-state index contributed by atoms with van der Waals surface area (Å²) >= 11 is 0. The van der Waals surface area contributed by atoms with Gasteiger partial charge in [-0.1, -0.05) is 0 Å². The van der Waals surface area contributed by atoms with E-state index < -0.39 is 0 Å². The van der Waals surface area contributed by atoms with Crippen molar-refractivity contribution >= 4 is 5.82 Å². The average Bonchev–Trinajstić information content (AvgIpc) is 2.25. The van der Waals surface area contributed by atoms with Crippen LogP contribution in [0.2, 0.25) is 0 Å². The van der Waals surface area contributed by atoms with Gasteiger partial charge in [0.2, 0.25) is 0 Å². The molecule has 1 aromatic rings. The molecule has 74 valence electrons. The maximum atomic E-state index is 8.48. The van der Waals surface area contributed by atoms with E-state index in [9.17, 15) is 0 Å². The molecular formula is C9H12N4O. The predicted octanol–water partition coefficient (Wildman–Crippen LogP) is 0.797. The van der Waals surface area contributed by atoms with Gasteiger partial charge in [0.15, 0.2) is 5.69 Å². The van der Waals surface area contributed by atoms with Gasteiger partial charge in [0.1, 0.15) is 11.9 Å². The standard InChI is InChI=1S/C9H12N4O/c1-2-14-4-3-11-9-7-12-8(5-10)6-13-9/h6-7H,2-4H2,1H3,(H,11,13). The number of aromatic nitrogens is 2. The van der Waals surface area contributed by atoms with Crippen molar-refractivity contribution in [2.75, 3.05) is 25.1 Å². The fourth-order valence-electron chi connectivity index (χ4n) is 0.873. The monoisotopic (exact) mass is 192 g/mol. The van der Waals surface area contributed by atoms with Crippen LogP contribution in [-0.4, -0.2) is 29.7 Å². The molecule has 1 rings (SSSR count). The first-order valence-electron chi connectivity index (χ1n) is 4.40. The summed E-state index contributed by atoms with van der Waals surface area (Å²) in [4.78, 5) is 7.86. The number of anilines is 1. The molecular weight excluding hydrogens is 180 g/mol. The summed E-state index contributed by atoms with van der Waals surface area (Å²) in [5.74, 6) is 0.656. The van der Waals surface area contributed by atoms with E-state index >= 15 is 0 Å². The normalized spacial score (nSPS) is 9.43. The number of nitrogens with zero attached hydrogens (tertiary/aromatic N) is 3. The second-order valence-electron chi connectivity index (χ2n) is 2.52. The van der Waals surface area contributed by atoms with Crippen molar-refractivity contribution in [2.24, 2.45) is 0 Å². The fraction of sp³-hybridized carbons (Fsp3) is 0.444. The first-order valence-corrected chi connectivity index (χ1v) is 4.40. The van der Waals surface area contributed by atoms with Crippen molar-refractivity contribution in [1.82, 2.24) is 9.97 Å². The molecule has 0 saturated heterocycles. The molecule has 1 N–H and O–H groups in total. The van der Waals surface area contributed by atoms with Gasteiger partial charge in [-0.15, -0.1) is 0 Å². The van der Waals surface area contributed by atoms with Crippen LogP contribution in [0.5, 0.6) is 0 Å². The van der Waals surface area contributed by atoms with Crippen LogP contribution >= 0.6 is 0 Å². The van der Waals surface area contributed by atoms with Crippen LogP contribution in [0.3, 0.4) is 0 Å². The SMILES string of the molecule is CCOCCNc1cnc(C#N)cn1. The largest absolute Gasteiger partial charge is 0.380 e. The number of nitriles is 1. The van der Waals surface area contributed by atoms with E-state index in [-0.39, 0.29) is 0 Å². The third-order valence-corrected chi connectivity index (χ3v) is 1.52. The Balaban J connectivity index is 2.33. The Morgan fingerprint density at radius 1 is 1.50 bits per heavy atom. The lowest BCUT2D eigenvalue weighted by Gasteiger charge is -2.04. The van der Waals surface area contributed by atoms with Gasteiger partial charge in [-0.25, -0.2) is 9.97 Å². The van der Waals surface area contributed by atoms with E-state index in [2.05, 4.69) is 15.3 Å². The van der Waals surface area contributed by atoms with Gasteiger partial charge in [-0.3, -0.25) is 0 Å². The van der Waals surface area contributed by atoms with Crippen LogP contribution in [-0.2, 0) is 4.74 Å². The van der Waals surface area contributed by atoms with Crippen molar-refractivity contribution in [1.29, 1.82) is 5.26 Å². The molecule has 0 radical (unpaired) electrons. The molecule has 0 aliphatic heterocycles. The van der Waals surface area contributed by atoms with Crippen LogP contribution in [0.25, 0.3) is 0 Å². The summed E-state index contributed by atoms with van der Waals surface area (Å²) < 4.78 is 5.14. The second kappa shape index (κ2) is 5.89. The maximum Gasteiger partial charge on any atom is 0.158 e. The minimum absolute atomic E-state index is 0.320. The fourth-order valence-corrected chi connectivity index (χ4v) is 0.873. The molecule has 0 fully saturated rings. The molecule has 0 aliphatic carbocycles. The highest BCUT2D eigenvalue weighted by Gasteiger charge is 1.94. The van der Waals surface area contributed by atoms with Crippen molar-refractivity contribution in [3.8, 4) is 6.07 Å². The van der Waals surface area contributed by atoms with Gasteiger partial charge in [-0.05, 0) is 6.92 Å². The minimum atomic E-state index is 0.320. The average molecular weight is 192 g/mol. The number of ether oxygens (including phenoxy) is 1. The summed E-state index contributed by atoms with van der Waals surface area (Å²) in [5, 5.41) is 11.5. The molecule has 1 heterocycles. The van der Waals surface area contributed by atoms with E-state index in [1.165, 1.54) is 12.4 Å². The first kappa shape index (κ1) is 10.4. The van der Waals surface area contributed by atoms with Crippen molar-refractivity contribution < 1.29 is 4.74 Å². The van der Waals surface area contributed by atoms with Crippen LogP contribution in [0.4, 0.5) is 5.82 Å². The molecule has 5 nitrogen and oxygen atoms in total. The quantitative estimate of drug-likeness (QED) is 0.698. The topological polar surface area (TPSA) is 70.8 Å². The molecule has 0 unspecified atom stereocenters. The molecule has 0 aromatic carbocycles. The van der Waals surface area contributed by atoms with Gasteiger partial charge in [0.05, 0.1) is 19.0 Å². The van der Waals surface area contributed by atoms with Gasteiger partial charge >= 0.3 is 0 Å². The highest BCUT2D eigenvalue weighted by Crippen LogP contribution is 1.98. The summed E-state index contributed by atoms with van der Waals surface area (Å²) in [6, 6.07) is 1.90. The molecule has 14 heavy (non-hydrogen) atoms. The molecule has 0 amide bonds. The molecule has 0 spiro atoms. The van der Waals surface area contributed by atoms with Crippen LogP contribution < -0.4 is 5.32 Å². The zero-order valence-corrected chi connectivity index (χ0v) is 8.03. The van der Waals surface area contributed by atoms with E-state index in [1.54, 1.807) is 0 Å². The second-order valence-corrected chi connectivity index (χ2v) is 2.52. The Morgan fingerprint density at radius 2 is 2.36 bits per heavy atom. The van der Waals surface area contributed by atoms with E-state index in [1.807, 2.05) is 13.0 Å². The zero-order chi connectivity index (χ0) is 10.2. The molecule has 0 bridgehead atoms. The van der Waals surface area contributed by atoms with E-state index in [0.29, 0.717) is 31.3 Å². The van der Waals surface area contributed by atoms with Crippen molar-refractivity contribution in [2.45, 2.75) is 6.92 Å². The summed E-state index contributed by atoms with van der Waals surface area (Å²) in [5.41, 5.74) is 0.320. The van der Waals surface area contributed by atoms with Crippen LogP contribution in [0.1, 0.15) is 12.6 Å². The minimum Gasteiger partial charge on any atom is -0.380 e. The smallest absolute Gasteiger partial charge is 0.158 e. The highest BCUT2D eigenvalue weighted by atomic mass is 16.5. The van der Waals surface area contributed by atoms with Gasteiger partial charge in [0, 0.05) is 13.2 Å². The van der Waals surface area contributed by atoms with E-state index in [4.69, 9.17) is 10.00 Å². The first-order chi connectivity index (χ1) is 6.86. The molecule has 5 heteroatoms. The highest BCUT2D eigenvalue weighted by molar-refractivity contribution is 5.32. The summed E-state index contributed by atoms with van der Waals surface area (Å²) in [7, 11) is 0. The Bertz CT molecular complexity index is 304. The third-order valence-electron chi connectivity index (χ3n) is 1.52.